The summed E-state index contributed by atoms with van der Waals surface area (Å²) < 4.78 is 9.54. The number of rotatable bonds is 8. The van der Waals surface area contributed by atoms with Crippen LogP contribution in [0.15, 0.2) is 11.8 Å². The average Bonchev–Trinajstić information content (AvgIpc) is 2.55. The summed E-state index contributed by atoms with van der Waals surface area (Å²) in [6.45, 7) is 3.97. The van der Waals surface area contributed by atoms with Crippen LogP contribution in [0.5, 0.6) is 0 Å². The summed E-state index contributed by atoms with van der Waals surface area (Å²) in [6, 6.07) is 0. The zero-order valence-electron chi connectivity index (χ0n) is 14.7. The fourth-order valence-electron chi connectivity index (χ4n) is 2.78. The Morgan fingerprint density at radius 2 is 1.50 bits per heavy atom. The molecule has 2 fully saturated rings. The van der Waals surface area contributed by atoms with Crippen molar-refractivity contribution in [2.75, 3.05) is 58.9 Å². The summed E-state index contributed by atoms with van der Waals surface area (Å²) >= 11 is 0. The second-order valence-electron chi connectivity index (χ2n) is 6.17. The SMILES string of the molecule is CC=C1CN(CCN(CCN2CC(=O)OC(=O)C2)CC(=O)O)CC(=O)O1. The fraction of sp³-hybridized carbons (Fsp3) is 0.625. The Labute approximate surface area is 150 Å². The minimum Gasteiger partial charge on any atom is -0.480 e. The van der Waals surface area contributed by atoms with Crippen LogP contribution in [0.25, 0.3) is 0 Å². The highest BCUT2D eigenvalue weighted by atomic mass is 16.6. The summed E-state index contributed by atoms with van der Waals surface area (Å²) in [5, 5.41) is 9.08. The maximum atomic E-state index is 11.6. The van der Waals surface area contributed by atoms with Gasteiger partial charge in [0.25, 0.3) is 0 Å². The molecule has 0 amide bonds. The molecule has 0 unspecified atom stereocenters. The number of carbonyl (C=O) groups excluding carboxylic acids is 3. The number of morpholine rings is 2. The quantitative estimate of drug-likeness (QED) is 0.401. The van der Waals surface area contributed by atoms with Crippen LogP contribution in [0.1, 0.15) is 6.92 Å². The Bertz CT molecular complexity index is 589. The van der Waals surface area contributed by atoms with Gasteiger partial charge in [-0.2, -0.15) is 0 Å². The summed E-state index contributed by atoms with van der Waals surface area (Å²) in [6.07, 6.45) is 1.73. The molecule has 2 rings (SSSR count). The van der Waals surface area contributed by atoms with E-state index < -0.39 is 17.9 Å². The van der Waals surface area contributed by atoms with Crippen molar-refractivity contribution in [3.8, 4) is 0 Å². The zero-order valence-corrected chi connectivity index (χ0v) is 14.7. The van der Waals surface area contributed by atoms with E-state index in [0.717, 1.165) is 0 Å². The molecule has 144 valence electrons. The predicted octanol–water partition coefficient (Wildman–Crippen LogP) is -1.48. The molecule has 2 aliphatic rings. The van der Waals surface area contributed by atoms with E-state index >= 15 is 0 Å². The maximum absolute atomic E-state index is 11.6. The van der Waals surface area contributed by atoms with Gasteiger partial charge in [0.05, 0.1) is 32.7 Å². The molecular weight excluding hydrogens is 346 g/mol. The highest BCUT2D eigenvalue weighted by Crippen LogP contribution is 2.09. The number of cyclic esters (lactones) is 3. The molecule has 0 bridgehead atoms. The number of aliphatic carboxylic acids is 1. The van der Waals surface area contributed by atoms with Gasteiger partial charge in [-0.15, -0.1) is 0 Å². The van der Waals surface area contributed by atoms with Gasteiger partial charge in [-0.3, -0.25) is 33.9 Å². The third-order valence-corrected chi connectivity index (χ3v) is 4.06. The lowest BCUT2D eigenvalue weighted by Crippen LogP contribution is -2.48. The zero-order chi connectivity index (χ0) is 19.1. The van der Waals surface area contributed by atoms with Crippen molar-refractivity contribution >= 4 is 23.9 Å². The predicted molar refractivity (Wildman–Crippen MR) is 87.9 cm³/mol. The number of carboxylic acid groups (broad SMARTS) is 1. The third-order valence-electron chi connectivity index (χ3n) is 4.06. The minimum absolute atomic E-state index is 0.00920. The molecule has 26 heavy (non-hydrogen) atoms. The van der Waals surface area contributed by atoms with Gasteiger partial charge in [-0.1, -0.05) is 0 Å². The third kappa shape index (κ3) is 6.54. The number of carboxylic acids is 1. The summed E-state index contributed by atoms with van der Waals surface area (Å²) in [5.41, 5.74) is 0. The standard InChI is InChI=1S/C16H23N3O7/c1-2-12-7-18(9-14(22)25-12)5-3-17(8-13(20)21)4-6-19-10-15(23)26-16(24)11-19/h2H,3-11H2,1H3,(H,20,21). The van der Waals surface area contributed by atoms with Crippen LogP contribution >= 0.6 is 0 Å². The first-order chi connectivity index (χ1) is 12.4. The van der Waals surface area contributed by atoms with Gasteiger partial charge < -0.3 is 14.6 Å². The molecule has 1 N–H and O–H groups in total. The molecule has 10 heteroatoms. The van der Waals surface area contributed by atoms with Crippen molar-refractivity contribution in [3.63, 3.8) is 0 Å². The van der Waals surface area contributed by atoms with Crippen molar-refractivity contribution in [2.45, 2.75) is 6.92 Å². The summed E-state index contributed by atoms with van der Waals surface area (Å²) in [4.78, 5) is 50.4. The first kappa shape index (κ1) is 20.0. The van der Waals surface area contributed by atoms with Crippen molar-refractivity contribution in [3.05, 3.63) is 11.8 Å². The van der Waals surface area contributed by atoms with Crippen LogP contribution in [0, 0.1) is 0 Å². The summed E-state index contributed by atoms with van der Waals surface area (Å²) in [7, 11) is 0. The van der Waals surface area contributed by atoms with Gasteiger partial charge in [-0.25, -0.2) is 0 Å². The van der Waals surface area contributed by atoms with Crippen molar-refractivity contribution in [1.82, 2.24) is 14.7 Å². The first-order valence-electron chi connectivity index (χ1n) is 8.34. The van der Waals surface area contributed by atoms with E-state index in [2.05, 4.69) is 4.74 Å². The van der Waals surface area contributed by atoms with Crippen LogP contribution in [0.4, 0.5) is 0 Å². The molecule has 0 aromatic carbocycles. The van der Waals surface area contributed by atoms with Crippen molar-refractivity contribution in [2.24, 2.45) is 0 Å². The number of allylic oxidation sites excluding steroid dienone is 1. The largest absolute Gasteiger partial charge is 0.480 e. The molecule has 0 atom stereocenters. The molecule has 0 radical (unpaired) electrons. The van der Waals surface area contributed by atoms with Crippen LogP contribution in [0.3, 0.4) is 0 Å². The Morgan fingerprint density at radius 1 is 1.00 bits per heavy atom. The number of ether oxygens (including phenoxy) is 2. The molecule has 2 aliphatic heterocycles. The lowest BCUT2D eigenvalue weighted by atomic mass is 10.3. The minimum atomic E-state index is -0.966. The second-order valence-corrected chi connectivity index (χ2v) is 6.17. The number of hydrogen-bond acceptors (Lipinski definition) is 9. The highest BCUT2D eigenvalue weighted by Gasteiger charge is 2.26. The van der Waals surface area contributed by atoms with Gasteiger partial charge in [0, 0.05) is 26.2 Å². The van der Waals surface area contributed by atoms with E-state index in [9.17, 15) is 19.2 Å². The van der Waals surface area contributed by atoms with Crippen molar-refractivity contribution < 1.29 is 33.8 Å². The number of nitrogens with zero attached hydrogens (tertiary/aromatic N) is 3. The highest BCUT2D eigenvalue weighted by molar-refractivity contribution is 5.90. The van der Waals surface area contributed by atoms with Crippen LogP contribution < -0.4 is 0 Å². The van der Waals surface area contributed by atoms with Gasteiger partial charge in [0.15, 0.2) is 0 Å². The van der Waals surface area contributed by atoms with E-state index in [1.54, 1.807) is 22.8 Å². The molecule has 2 saturated heterocycles. The molecule has 0 aliphatic carbocycles. The Balaban J connectivity index is 1.84. The van der Waals surface area contributed by atoms with E-state index in [4.69, 9.17) is 9.84 Å². The Kier molecular flexibility index (Phi) is 7.25. The van der Waals surface area contributed by atoms with E-state index in [-0.39, 0.29) is 32.1 Å². The maximum Gasteiger partial charge on any atom is 0.327 e. The average molecular weight is 369 g/mol. The molecule has 0 aromatic rings. The van der Waals surface area contributed by atoms with Gasteiger partial charge in [0.2, 0.25) is 0 Å². The fourth-order valence-corrected chi connectivity index (χ4v) is 2.78. The van der Waals surface area contributed by atoms with Gasteiger partial charge in [-0.05, 0) is 13.0 Å². The molecule has 0 saturated carbocycles. The number of esters is 3. The van der Waals surface area contributed by atoms with E-state index in [1.807, 2.05) is 4.90 Å². The van der Waals surface area contributed by atoms with Crippen LogP contribution in [-0.4, -0.2) is 103 Å². The number of hydrogen-bond donors (Lipinski definition) is 1. The Morgan fingerprint density at radius 3 is 2.00 bits per heavy atom. The molecule has 10 nitrogen and oxygen atoms in total. The monoisotopic (exact) mass is 369 g/mol. The Hall–Kier alpha value is -2.30. The molecule has 2 heterocycles. The lowest BCUT2D eigenvalue weighted by molar-refractivity contribution is -0.167. The lowest BCUT2D eigenvalue weighted by Gasteiger charge is -2.31. The van der Waals surface area contributed by atoms with Crippen LogP contribution in [-0.2, 0) is 28.7 Å². The topological polar surface area (TPSA) is 117 Å². The normalized spacial score (nSPS) is 21.2. The molecule has 0 aromatic heterocycles. The second kappa shape index (κ2) is 9.41. The molecular formula is C16H23N3O7. The first-order valence-corrected chi connectivity index (χ1v) is 8.34. The van der Waals surface area contributed by atoms with E-state index in [0.29, 0.717) is 38.5 Å². The smallest absolute Gasteiger partial charge is 0.327 e. The molecule has 0 spiro atoms. The van der Waals surface area contributed by atoms with E-state index in [1.165, 1.54) is 0 Å². The number of carbonyl (C=O) groups is 4. The summed E-state index contributed by atoms with van der Waals surface area (Å²) in [5.74, 6) is -1.92. The van der Waals surface area contributed by atoms with Crippen molar-refractivity contribution in [1.29, 1.82) is 0 Å². The van der Waals surface area contributed by atoms with Crippen LogP contribution in [0.2, 0.25) is 0 Å². The van der Waals surface area contributed by atoms with Gasteiger partial charge >= 0.3 is 23.9 Å². The van der Waals surface area contributed by atoms with Gasteiger partial charge in [0.1, 0.15) is 5.76 Å².